The van der Waals surface area contributed by atoms with E-state index in [9.17, 15) is 9.59 Å². The van der Waals surface area contributed by atoms with Gasteiger partial charge in [-0.1, -0.05) is 24.8 Å². The van der Waals surface area contributed by atoms with Crippen molar-refractivity contribution in [3.8, 4) is 5.69 Å². The number of rotatable bonds is 5. The highest BCUT2D eigenvalue weighted by molar-refractivity contribution is 8.00. The summed E-state index contributed by atoms with van der Waals surface area (Å²) in [5, 5.41) is 0.680. The zero-order valence-corrected chi connectivity index (χ0v) is 17.8. The first kappa shape index (κ1) is 19.6. The number of nitrogens with zero attached hydrogens (tertiary/aromatic N) is 2. The van der Waals surface area contributed by atoms with Gasteiger partial charge in [-0.15, -0.1) is 11.3 Å². The summed E-state index contributed by atoms with van der Waals surface area (Å²) in [4.78, 5) is 31.7. The third-order valence-corrected chi connectivity index (χ3v) is 6.89. The van der Waals surface area contributed by atoms with Crippen LogP contribution in [0.5, 0.6) is 0 Å². The van der Waals surface area contributed by atoms with Crippen LogP contribution in [0.2, 0.25) is 0 Å². The molecule has 1 atom stereocenters. The maximum absolute atomic E-state index is 13.5. The van der Waals surface area contributed by atoms with Crippen LogP contribution in [0, 0.1) is 20.8 Å². The van der Waals surface area contributed by atoms with E-state index in [-0.39, 0.29) is 5.56 Å². The highest BCUT2D eigenvalue weighted by Crippen LogP contribution is 2.31. The predicted molar refractivity (Wildman–Crippen MR) is 113 cm³/mol. The molecule has 7 heteroatoms. The van der Waals surface area contributed by atoms with Gasteiger partial charge < -0.3 is 5.73 Å². The quantitative estimate of drug-likeness (QED) is 0.519. The van der Waals surface area contributed by atoms with Crippen LogP contribution in [0.4, 0.5) is 0 Å². The van der Waals surface area contributed by atoms with Crippen molar-refractivity contribution in [1.82, 2.24) is 9.55 Å². The third kappa shape index (κ3) is 3.53. The average Bonchev–Trinajstić information content (AvgIpc) is 2.93. The summed E-state index contributed by atoms with van der Waals surface area (Å²) in [6, 6.07) is 5.89. The molecular weight excluding hydrogens is 378 g/mol. The van der Waals surface area contributed by atoms with E-state index in [1.807, 2.05) is 45.9 Å². The first-order valence-electron chi connectivity index (χ1n) is 8.83. The molecule has 0 unspecified atom stereocenters. The average molecular weight is 402 g/mol. The van der Waals surface area contributed by atoms with E-state index in [0.717, 1.165) is 33.7 Å². The molecule has 0 aliphatic rings. The van der Waals surface area contributed by atoms with E-state index in [0.29, 0.717) is 15.4 Å². The number of hydrogen-bond donors (Lipinski definition) is 1. The third-order valence-electron chi connectivity index (χ3n) is 4.78. The number of thiophene rings is 1. The number of nitrogens with two attached hydrogens (primary N) is 1. The minimum Gasteiger partial charge on any atom is -0.369 e. The van der Waals surface area contributed by atoms with Gasteiger partial charge in [0.25, 0.3) is 5.56 Å². The first-order valence-corrected chi connectivity index (χ1v) is 10.5. The van der Waals surface area contributed by atoms with Gasteiger partial charge in [-0.25, -0.2) is 4.98 Å². The van der Waals surface area contributed by atoms with E-state index >= 15 is 0 Å². The minimum atomic E-state index is -0.487. The van der Waals surface area contributed by atoms with E-state index in [2.05, 4.69) is 0 Å². The van der Waals surface area contributed by atoms with E-state index in [1.54, 1.807) is 11.5 Å². The van der Waals surface area contributed by atoms with Gasteiger partial charge in [0.2, 0.25) is 5.91 Å². The first-order chi connectivity index (χ1) is 12.7. The Morgan fingerprint density at radius 1 is 1.30 bits per heavy atom. The molecule has 0 aliphatic heterocycles. The molecule has 27 heavy (non-hydrogen) atoms. The van der Waals surface area contributed by atoms with E-state index in [4.69, 9.17) is 10.7 Å². The van der Waals surface area contributed by atoms with E-state index in [1.165, 1.54) is 23.1 Å². The second-order valence-electron chi connectivity index (χ2n) is 6.64. The van der Waals surface area contributed by atoms with Crippen LogP contribution in [-0.2, 0) is 11.2 Å². The number of aromatic nitrogens is 2. The van der Waals surface area contributed by atoms with Crippen LogP contribution in [-0.4, -0.2) is 20.7 Å². The van der Waals surface area contributed by atoms with Crippen molar-refractivity contribution in [2.45, 2.75) is 51.4 Å². The monoisotopic (exact) mass is 401 g/mol. The van der Waals surface area contributed by atoms with Crippen LogP contribution in [0.1, 0.15) is 35.4 Å². The molecule has 0 spiro atoms. The van der Waals surface area contributed by atoms with Crippen molar-refractivity contribution >= 4 is 39.2 Å². The fourth-order valence-electron chi connectivity index (χ4n) is 3.01. The van der Waals surface area contributed by atoms with Gasteiger partial charge in [0, 0.05) is 4.88 Å². The number of aryl methyl sites for hydroxylation is 4. The Balaban J connectivity index is 2.35. The fourth-order valence-corrected chi connectivity index (χ4v) is 5.04. The Morgan fingerprint density at radius 3 is 2.59 bits per heavy atom. The number of fused-ring (bicyclic) bond motifs is 1. The number of benzene rings is 1. The number of hydrogen-bond acceptors (Lipinski definition) is 5. The van der Waals surface area contributed by atoms with Gasteiger partial charge in [0.1, 0.15) is 4.83 Å². The zero-order valence-electron chi connectivity index (χ0n) is 16.1. The molecule has 1 aromatic carbocycles. The Kier molecular flexibility index (Phi) is 5.44. The SMILES string of the molecule is CCc1c(C)sc2nc(S[C@@H](C)C(N)=O)n(-c3ccc(C)c(C)c3)c(=O)c12. The second kappa shape index (κ2) is 7.48. The lowest BCUT2D eigenvalue weighted by molar-refractivity contribution is -0.117. The Hall–Kier alpha value is -2.12. The Bertz CT molecular complexity index is 1100. The van der Waals surface area contributed by atoms with Crippen molar-refractivity contribution in [3.63, 3.8) is 0 Å². The smallest absolute Gasteiger partial charge is 0.267 e. The fraction of sp³-hybridized carbons (Fsp3) is 0.350. The van der Waals surface area contributed by atoms with Crippen molar-refractivity contribution < 1.29 is 4.79 Å². The van der Waals surface area contributed by atoms with Crippen molar-refractivity contribution in [2.24, 2.45) is 5.73 Å². The van der Waals surface area contributed by atoms with Crippen molar-refractivity contribution in [3.05, 3.63) is 50.1 Å². The number of primary amides is 1. The maximum Gasteiger partial charge on any atom is 0.267 e. The molecule has 0 saturated carbocycles. The van der Waals surface area contributed by atoms with Gasteiger partial charge in [-0.3, -0.25) is 14.2 Å². The highest BCUT2D eigenvalue weighted by atomic mass is 32.2. The van der Waals surface area contributed by atoms with Crippen molar-refractivity contribution in [2.75, 3.05) is 0 Å². The molecule has 0 fully saturated rings. The van der Waals surface area contributed by atoms with Gasteiger partial charge in [-0.2, -0.15) is 0 Å². The summed E-state index contributed by atoms with van der Waals surface area (Å²) in [6.07, 6.45) is 0.778. The molecule has 2 aromatic heterocycles. The molecule has 2 N–H and O–H groups in total. The van der Waals surface area contributed by atoms with Gasteiger partial charge in [-0.05, 0) is 62.9 Å². The van der Waals surface area contributed by atoms with Crippen LogP contribution in [0.25, 0.3) is 15.9 Å². The number of carbonyl (C=O) groups excluding carboxylic acids is 1. The Morgan fingerprint density at radius 2 is 2.00 bits per heavy atom. The summed E-state index contributed by atoms with van der Waals surface area (Å²) in [5.74, 6) is -0.433. The van der Waals surface area contributed by atoms with Crippen LogP contribution >= 0.6 is 23.1 Å². The summed E-state index contributed by atoms with van der Waals surface area (Å²) < 4.78 is 1.62. The lowest BCUT2D eigenvalue weighted by Crippen LogP contribution is -2.26. The summed E-state index contributed by atoms with van der Waals surface area (Å²) >= 11 is 2.74. The Labute approximate surface area is 166 Å². The van der Waals surface area contributed by atoms with Crippen LogP contribution < -0.4 is 11.3 Å². The molecule has 5 nitrogen and oxygen atoms in total. The molecule has 3 aromatic rings. The normalized spacial score (nSPS) is 12.5. The molecular formula is C20H23N3O2S2. The standard InChI is InChI=1S/C20H23N3O2S2/c1-6-15-12(4)26-18-16(15)19(25)23(14-8-7-10(2)11(3)9-14)20(22-18)27-13(5)17(21)24/h7-9,13H,6H2,1-5H3,(H2,21,24)/t13-/m0/s1. The number of thioether (sulfide) groups is 1. The van der Waals surface area contributed by atoms with E-state index < -0.39 is 11.2 Å². The van der Waals surface area contributed by atoms with Crippen LogP contribution in [0.15, 0.2) is 28.2 Å². The topological polar surface area (TPSA) is 78.0 Å². The summed E-state index contributed by atoms with van der Waals surface area (Å²) in [7, 11) is 0. The second-order valence-corrected chi connectivity index (χ2v) is 9.15. The molecule has 0 radical (unpaired) electrons. The maximum atomic E-state index is 13.5. The van der Waals surface area contributed by atoms with Crippen LogP contribution in [0.3, 0.4) is 0 Å². The van der Waals surface area contributed by atoms with Gasteiger partial charge >= 0.3 is 0 Å². The molecule has 0 aliphatic carbocycles. The lowest BCUT2D eigenvalue weighted by atomic mass is 10.1. The lowest BCUT2D eigenvalue weighted by Gasteiger charge is -2.15. The van der Waals surface area contributed by atoms with Crippen molar-refractivity contribution in [1.29, 1.82) is 0 Å². The molecule has 3 rings (SSSR count). The number of carbonyl (C=O) groups is 1. The predicted octanol–water partition coefficient (Wildman–Crippen LogP) is 3.90. The van der Waals surface area contributed by atoms with Gasteiger partial charge in [0.05, 0.1) is 16.3 Å². The molecule has 0 bridgehead atoms. The molecule has 0 saturated heterocycles. The zero-order chi connectivity index (χ0) is 19.9. The highest BCUT2D eigenvalue weighted by Gasteiger charge is 2.22. The molecule has 142 valence electrons. The summed E-state index contributed by atoms with van der Waals surface area (Å²) in [5.41, 5.74) is 9.40. The largest absolute Gasteiger partial charge is 0.369 e. The minimum absolute atomic E-state index is 0.0939. The van der Waals surface area contributed by atoms with Gasteiger partial charge in [0.15, 0.2) is 5.16 Å². The molecule has 1 amide bonds. The molecule has 2 heterocycles. The number of amides is 1. The summed E-state index contributed by atoms with van der Waals surface area (Å²) in [6.45, 7) is 9.84.